The first-order valence-corrected chi connectivity index (χ1v) is 7.56. The Bertz CT molecular complexity index is 407. The van der Waals surface area contributed by atoms with Crippen LogP contribution in [0.5, 0.6) is 0 Å². The predicted molar refractivity (Wildman–Crippen MR) is 81.9 cm³/mol. The van der Waals surface area contributed by atoms with Crippen molar-refractivity contribution in [2.45, 2.75) is 26.7 Å². The van der Waals surface area contributed by atoms with E-state index in [9.17, 15) is 0 Å². The molecule has 0 bridgehead atoms. The van der Waals surface area contributed by atoms with E-state index in [-0.39, 0.29) is 5.92 Å². The Morgan fingerprint density at radius 3 is 2.78 bits per heavy atom. The first-order chi connectivity index (χ1) is 8.56. The number of nitrogens with one attached hydrogen (secondary N) is 1. The zero-order valence-corrected chi connectivity index (χ0v) is 12.7. The Hall–Kier alpha value is -0.740. The molecule has 0 spiro atoms. The number of hydrogen-bond donors (Lipinski definition) is 1. The summed E-state index contributed by atoms with van der Waals surface area (Å²) in [5.74, 6) is 3.90. The van der Waals surface area contributed by atoms with Gasteiger partial charge in [-0.2, -0.15) is 11.8 Å². The van der Waals surface area contributed by atoms with Crippen molar-refractivity contribution in [3.05, 3.63) is 29.2 Å². The summed E-state index contributed by atoms with van der Waals surface area (Å²) in [4.78, 5) is 8.80. The lowest BCUT2D eigenvalue weighted by atomic mass is 10.2. The van der Waals surface area contributed by atoms with Crippen LogP contribution in [0.3, 0.4) is 0 Å². The van der Waals surface area contributed by atoms with E-state index in [2.05, 4.69) is 35.7 Å². The minimum atomic E-state index is 0.277. The second-order valence-corrected chi connectivity index (χ2v) is 5.80. The van der Waals surface area contributed by atoms with Crippen LogP contribution in [0, 0.1) is 6.92 Å². The molecule has 1 aromatic heterocycles. The van der Waals surface area contributed by atoms with Crippen LogP contribution >= 0.6 is 23.4 Å². The molecule has 0 unspecified atom stereocenters. The van der Waals surface area contributed by atoms with E-state index in [1.807, 2.05) is 24.8 Å². The number of rotatable bonds is 7. The van der Waals surface area contributed by atoms with Gasteiger partial charge in [0.1, 0.15) is 16.8 Å². The van der Waals surface area contributed by atoms with Crippen molar-refractivity contribution >= 4 is 29.2 Å². The van der Waals surface area contributed by atoms with Gasteiger partial charge in [-0.15, -0.1) is 6.58 Å². The summed E-state index contributed by atoms with van der Waals surface area (Å²) in [6.07, 6.45) is 1.91. The van der Waals surface area contributed by atoms with E-state index >= 15 is 0 Å². The van der Waals surface area contributed by atoms with Gasteiger partial charge < -0.3 is 5.32 Å². The third-order valence-corrected chi connectivity index (χ3v) is 3.73. The van der Waals surface area contributed by atoms with Crippen LogP contribution < -0.4 is 5.32 Å². The Morgan fingerprint density at radius 2 is 2.17 bits per heavy atom. The van der Waals surface area contributed by atoms with E-state index in [0.717, 1.165) is 35.3 Å². The second-order valence-electron chi connectivity index (χ2n) is 4.29. The second kappa shape index (κ2) is 7.64. The van der Waals surface area contributed by atoms with Crippen LogP contribution in [-0.2, 0) is 0 Å². The van der Waals surface area contributed by atoms with Gasteiger partial charge in [0.25, 0.3) is 0 Å². The van der Waals surface area contributed by atoms with Crippen LogP contribution in [0.4, 0.5) is 5.82 Å². The minimum absolute atomic E-state index is 0.277. The maximum absolute atomic E-state index is 6.12. The van der Waals surface area contributed by atoms with Crippen molar-refractivity contribution in [1.29, 1.82) is 0 Å². The highest BCUT2D eigenvalue weighted by molar-refractivity contribution is 7.99. The molecule has 5 heteroatoms. The number of anilines is 1. The van der Waals surface area contributed by atoms with Gasteiger partial charge in [0.2, 0.25) is 0 Å². The minimum Gasteiger partial charge on any atom is -0.369 e. The van der Waals surface area contributed by atoms with Gasteiger partial charge in [-0.25, -0.2) is 9.97 Å². The number of aromatic nitrogens is 2. The predicted octanol–water partition coefficient (Wildman–Crippen LogP) is 3.89. The first kappa shape index (κ1) is 15.3. The van der Waals surface area contributed by atoms with E-state index in [0.29, 0.717) is 5.15 Å². The average Bonchev–Trinajstić information content (AvgIpc) is 2.33. The Labute approximate surface area is 118 Å². The summed E-state index contributed by atoms with van der Waals surface area (Å²) in [5.41, 5.74) is 0.912. The Balaban J connectivity index is 2.66. The third kappa shape index (κ3) is 4.50. The van der Waals surface area contributed by atoms with Gasteiger partial charge in [-0.05, 0) is 6.92 Å². The zero-order chi connectivity index (χ0) is 13.5. The fraction of sp³-hybridized carbons (Fsp3) is 0.538. The molecule has 1 heterocycles. The van der Waals surface area contributed by atoms with E-state index in [1.165, 1.54) is 0 Å². The largest absolute Gasteiger partial charge is 0.369 e. The van der Waals surface area contributed by atoms with Crippen molar-refractivity contribution in [2.75, 3.05) is 23.4 Å². The normalized spacial score (nSPS) is 10.7. The van der Waals surface area contributed by atoms with Crippen LogP contribution in [0.2, 0.25) is 5.15 Å². The molecule has 0 aromatic carbocycles. The lowest BCUT2D eigenvalue weighted by Gasteiger charge is -2.12. The fourth-order valence-corrected chi connectivity index (χ4v) is 2.10. The summed E-state index contributed by atoms with van der Waals surface area (Å²) >= 11 is 7.95. The molecular weight excluding hydrogens is 266 g/mol. The average molecular weight is 286 g/mol. The SMILES string of the molecule is C=CCSCCNc1nc(C(C)C)nc(Cl)c1C. The molecule has 0 aliphatic heterocycles. The molecule has 100 valence electrons. The number of halogens is 1. The quantitative estimate of drug-likeness (QED) is 0.468. The summed E-state index contributed by atoms with van der Waals surface area (Å²) in [6, 6.07) is 0. The van der Waals surface area contributed by atoms with E-state index < -0.39 is 0 Å². The highest BCUT2D eigenvalue weighted by Crippen LogP contribution is 2.22. The van der Waals surface area contributed by atoms with Crippen molar-refractivity contribution in [3.8, 4) is 0 Å². The van der Waals surface area contributed by atoms with Crippen LogP contribution in [0.15, 0.2) is 12.7 Å². The van der Waals surface area contributed by atoms with Crippen LogP contribution in [0.1, 0.15) is 31.2 Å². The highest BCUT2D eigenvalue weighted by atomic mass is 35.5. The van der Waals surface area contributed by atoms with Crippen LogP contribution in [-0.4, -0.2) is 28.0 Å². The molecular formula is C13H20ClN3S. The number of nitrogens with zero attached hydrogens (tertiary/aromatic N) is 2. The molecule has 1 rings (SSSR count). The summed E-state index contributed by atoms with van der Waals surface area (Å²) < 4.78 is 0. The molecule has 1 N–H and O–H groups in total. The van der Waals surface area contributed by atoms with Gasteiger partial charge in [-0.1, -0.05) is 31.5 Å². The molecule has 0 aliphatic carbocycles. The van der Waals surface area contributed by atoms with Gasteiger partial charge in [0.15, 0.2) is 0 Å². The Kier molecular flexibility index (Phi) is 6.50. The fourth-order valence-electron chi connectivity index (χ4n) is 1.34. The maximum Gasteiger partial charge on any atom is 0.137 e. The molecule has 0 amide bonds. The zero-order valence-electron chi connectivity index (χ0n) is 11.2. The first-order valence-electron chi connectivity index (χ1n) is 6.02. The molecule has 0 aliphatic rings. The maximum atomic E-state index is 6.12. The lowest BCUT2D eigenvalue weighted by molar-refractivity contribution is 0.772. The van der Waals surface area contributed by atoms with E-state index in [1.54, 1.807) is 0 Å². The monoisotopic (exact) mass is 285 g/mol. The van der Waals surface area contributed by atoms with Crippen molar-refractivity contribution in [2.24, 2.45) is 0 Å². The third-order valence-electron chi connectivity index (χ3n) is 2.39. The molecule has 1 aromatic rings. The molecule has 18 heavy (non-hydrogen) atoms. The summed E-state index contributed by atoms with van der Waals surface area (Å²) in [7, 11) is 0. The molecule has 3 nitrogen and oxygen atoms in total. The lowest BCUT2D eigenvalue weighted by Crippen LogP contribution is -2.10. The smallest absolute Gasteiger partial charge is 0.137 e. The number of thioether (sulfide) groups is 1. The van der Waals surface area contributed by atoms with Gasteiger partial charge in [0, 0.05) is 29.5 Å². The molecule has 0 atom stereocenters. The molecule has 0 fully saturated rings. The molecule has 0 saturated carbocycles. The van der Waals surface area contributed by atoms with Crippen molar-refractivity contribution in [3.63, 3.8) is 0 Å². The van der Waals surface area contributed by atoms with Gasteiger partial charge >= 0.3 is 0 Å². The van der Waals surface area contributed by atoms with Crippen molar-refractivity contribution in [1.82, 2.24) is 9.97 Å². The van der Waals surface area contributed by atoms with Crippen molar-refractivity contribution < 1.29 is 0 Å². The topological polar surface area (TPSA) is 37.8 Å². The summed E-state index contributed by atoms with van der Waals surface area (Å²) in [6.45, 7) is 10.6. The number of hydrogen-bond acceptors (Lipinski definition) is 4. The van der Waals surface area contributed by atoms with Gasteiger partial charge in [0.05, 0.1) is 0 Å². The van der Waals surface area contributed by atoms with Gasteiger partial charge in [-0.3, -0.25) is 0 Å². The van der Waals surface area contributed by atoms with E-state index in [4.69, 9.17) is 11.6 Å². The standard InChI is InChI=1S/C13H20ClN3S/c1-5-7-18-8-6-15-13-10(4)11(14)16-12(17-13)9(2)3/h5,9H,1,6-8H2,2-4H3,(H,15,16,17). The molecule has 0 radical (unpaired) electrons. The Morgan fingerprint density at radius 1 is 1.44 bits per heavy atom. The highest BCUT2D eigenvalue weighted by Gasteiger charge is 2.11. The van der Waals surface area contributed by atoms with Crippen LogP contribution in [0.25, 0.3) is 0 Å². The molecule has 0 saturated heterocycles. The summed E-state index contributed by atoms with van der Waals surface area (Å²) in [5, 5.41) is 3.85.